The molecular weight excluding hydrogens is 284 g/mol. The zero-order valence-corrected chi connectivity index (χ0v) is 14.7. The van der Waals surface area contributed by atoms with Gasteiger partial charge in [-0.3, -0.25) is 4.90 Å². The summed E-state index contributed by atoms with van der Waals surface area (Å²) < 4.78 is 0. The van der Waals surface area contributed by atoms with Gasteiger partial charge in [0.25, 0.3) is 0 Å². The quantitative estimate of drug-likeness (QED) is 0.722. The van der Waals surface area contributed by atoms with E-state index in [9.17, 15) is 5.11 Å². The average molecular weight is 316 g/mol. The first kappa shape index (κ1) is 18.2. The van der Waals surface area contributed by atoms with Gasteiger partial charge in [-0.1, -0.05) is 37.3 Å². The minimum atomic E-state index is -0.102. The molecule has 0 spiro atoms. The van der Waals surface area contributed by atoms with Gasteiger partial charge in [0.15, 0.2) is 0 Å². The molecule has 1 heterocycles. The summed E-state index contributed by atoms with van der Waals surface area (Å²) >= 11 is 0. The zero-order valence-electron chi connectivity index (χ0n) is 14.7. The van der Waals surface area contributed by atoms with Gasteiger partial charge >= 0.3 is 0 Å². The Hall–Kier alpha value is -1.16. The first-order valence-corrected chi connectivity index (χ1v) is 8.91. The lowest BCUT2D eigenvalue weighted by atomic mass is 9.99. The standard InChI is InChI=1S/C20H32N2O/c1-4-7-16(2)17(3)21-14-18-8-5-6-9-19(18)15-22-12-10-20(23)11-13-22/h4-6,8-9,16-17,20-21,23H,1,7,10-15H2,2-3H3. The number of hydrogen-bond acceptors (Lipinski definition) is 3. The van der Waals surface area contributed by atoms with E-state index in [0.29, 0.717) is 12.0 Å². The van der Waals surface area contributed by atoms with Crippen LogP contribution in [0.5, 0.6) is 0 Å². The zero-order chi connectivity index (χ0) is 16.7. The molecule has 3 heteroatoms. The minimum absolute atomic E-state index is 0.102. The molecule has 0 aromatic heterocycles. The van der Waals surface area contributed by atoms with Crippen LogP contribution in [0, 0.1) is 5.92 Å². The molecule has 23 heavy (non-hydrogen) atoms. The van der Waals surface area contributed by atoms with Gasteiger partial charge in [0.2, 0.25) is 0 Å². The van der Waals surface area contributed by atoms with Crippen LogP contribution in [0.2, 0.25) is 0 Å². The van der Waals surface area contributed by atoms with E-state index in [2.05, 4.69) is 54.9 Å². The predicted octanol–water partition coefficient (Wildman–Crippen LogP) is 3.33. The molecule has 128 valence electrons. The Morgan fingerprint density at radius 1 is 1.26 bits per heavy atom. The summed E-state index contributed by atoms with van der Waals surface area (Å²) in [6, 6.07) is 9.19. The SMILES string of the molecule is C=CCC(C)C(C)NCc1ccccc1CN1CCC(O)CC1. The van der Waals surface area contributed by atoms with Crippen molar-refractivity contribution < 1.29 is 5.11 Å². The highest BCUT2D eigenvalue weighted by molar-refractivity contribution is 5.27. The third-order valence-corrected chi connectivity index (χ3v) is 5.08. The molecule has 0 amide bonds. The molecule has 0 saturated carbocycles. The Labute approximate surface area is 141 Å². The van der Waals surface area contributed by atoms with Crippen molar-refractivity contribution >= 4 is 0 Å². The number of aliphatic hydroxyl groups excluding tert-OH is 1. The van der Waals surface area contributed by atoms with Crippen LogP contribution in [-0.4, -0.2) is 35.2 Å². The van der Waals surface area contributed by atoms with Crippen molar-refractivity contribution in [2.45, 2.75) is 58.3 Å². The third-order valence-electron chi connectivity index (χ3n) is 5.08. The number of hydrogen-bond donors (Lipinski definition) is 2. The number of nitrogens with zero attached hydrogens (tertiary/aromatic N) is 1. The second-order valence-corrected chi connectivity index (χ2v) is 6.95. The molecular formula is C20H32N2O. The van der Waals surface area contributed by atoms with E-state index in [-0.39, 0.29) is 6.10 Å². The van der Waals surface area contributed by atoms with E-state index in [4.69, 9.17) is 0 Å². The molecule has 1 aromatic rings. The lowest BCUT2D eigenvalue weighted by Gasteiger charge is -2.30. The van der Waals surface area contributed by atoms with Gasteiger partial charge in [0, 0.05) is 32.2 Å². The summed E-state index contributed by atoms with van der Waals surface area (Å²) in [4.78, 5) is 2.45. The molecule has 2 N–H and O–H groups in total. The smallest absolute Gasteiger partial charge is 0.0564 e. The molecule has 1 aromatic carbocycles. The topological polar surface area (TPSA) is 35.5 Å². The van der Waals surface area contributed by atoms with Crippen LogP contribution < -0.4 is 5.32 Å². The van der Waals surface area contributed by atoms with Gasteiger partial charge in [-0.25, -0.2) is 0 Å². The number of allylic oxidation sites excluding steroid dienone is 1. The summed E-state index contributed by atoms with van der Waals surface area (Å²) in [5.74, 6) is 0.600. The molecule has 3 nitrogen and oxygen atoms in total. The van der Waals surface area contributed by atoms with Crippen molar-refractivity contribution in [1.29, 1.82) is 0 Å². The normalized spacial score (nSPS) is 19.4. The number of likely N-dealkylation sites (tertiary alicyclic amines) is 1. The monoisotopic (exact) mass is 316 g/mol. The Kier molecular flexibility index (Phi) is 7.28. The predicted molar refractivity (Wildman–Crippen MR) is 97.2 cm³/mol. The summed E-state index contributed by atoms with van der Waals surface area (Å²) in [5.41, 5.74) is 2.79. The van der Waals surface area contributed by atoms with Crippen molar-refractivity contribution in [2.24, 2.45) is 5.92 Å². The highest BCUT2D eigenvalue weighted by Crippen LogP contribution is 2.17. The Morgan fingerprint density at radius 2 is 1.91 bits per heavy atom. The van der Waals surface area contributed by atoms with E-state index in [1.807, 2.05) is 6.08 Å². The molecule has 1 fully saturated rings. The van der Waals surface area contributed by atoms with Crippen LogP contribution in [-0.2, 0) is 13.1 Å². The first-order chi connectivity index (χ1) is 11.1. The maximum atomic E-state index is 9.64. The molecule has 2 unspecified atom stereocenters. The summed E-state index contributed by atoms with van der Waals surface area (Å²) in [6.45, 7) is 12.2. The second kappa shape index (κ2) is 9.21. The fraction of sp³-hybridized carbons (Fsp3) is 0.600. The van der Waals surface area contributed by atoms with Crippen LogP contribution in [0.15, 0.2) is 36.9 Å². The lowest BCUT2D eigenvalue weighted by molar-refractivity contribution is 0.0791. The van der Waals surface area contributed by atoms with Gasteiger partial charge < -0.3 is 10.4 Å². The van der Waals surface area contributed by atoms with Crippen LogP contribution >= 0.6 is 0 Å². The number of aliphatic hydroxyl groups is 1. The van der Waals surface area contributed by atoms with Crippen LogP contribution in [0.1, 0.15) is 44.2 Å². The van der Waals surface area contributed by atoms with Crippen molar-refractivity contribution in [3.63, 3.8) is 0 Å². The number of nitrogens with one attached hydrogen (secondary N) is 1. The lowest BCUT2D eigenvalue weighted by Crippen LogP contribution is -2.36. The largest absolute Gasteiger partial charge is 0.393 e. The molecule has 0 aliphatic carbocycles. The van der Waals surface area contributed by atoms with Crippen LogP contribution in [0.3, 0.4) is 0 Å². The van der Waals surface area contributed by atoms with Crippen molar-refractivity contribution in [3.8, 4) is 0 Å². The minimum Gasteiger partial charge on any atom is -0.393 e. The van der Waals surface area contributed by atoms with Gasteiger partial charge in [-0.2, -0.15) is 0 Å². The van der Waals surface area contributed by atoms with Crippen molar-refractivity contribution in [2.75, 3.05) is 13.1 Å². The van der Waals surface area contributed by atoms with Gasteiger partial charge in [0.05, 0.1) is 6.10 Å². The second-order valence-electron chi connectivity index (χ2n) is 6.95. The van der Waals surface area contributed by atoms with E-state index in [1.54, 1.807) is 0 Å². The van der Waals surface area contributed by atoms with Gasteiger partial charge in [0.1, 0.15) is 0 Å². The maximum Gasteiger partial charge on any atom is 0.0564 e. The Balaban J connectivity index is 1.91. The van der Waals surface area contributed by atoms with Gasteiger partial charge in [-0.15, -0.1) is 6.58 Å². The van der Waals surface area contributed by atoms with Crippen LogP contribution in [0.25, 0.3) is 0 Å². The number of piperidine rings is 1. The first-order valence-electron chi connectivity index (χ1n) is 8.91. The number of rotatable bonds is 8. The summed E-state index contributed by atoms with van der Waals surface area (Å²) in [5, 5.41) is 13.3. The summed E-state index contributed by atoms with van der Waals surface area (Å²) in [6.07, 6.45) is 4.75. The Bertz CT molecular complexity index is 480. The van der Waals surface area contributed by atoms with Crippen molar-refractivity contribution in [3.05, 3.63) is 48.0 Å². The fourth-order valence-electron chi connectivity index (χ4n) is 3.14. The van der Waals surface area contributed by atoms with Crippen LogP contribution in [0.4, 0.5) is 0 Å². The molecule has 0 radical (unpaired) electrons. The highest BCUT2D eigenvalue weighted by Gasteiger charge is 2.18. The Morgan fingerprint density at radius 3 is 2.57 bits per heavy atom. The average Bonchev–Trinajstić information content (AvgIpc) is 2.56. The molecule has 1 aliphatic rings. The number of benzene rings is 1. The molecule has 1 saturated heterocycles. The highest BCUT2D eigenvalue weighted by atomic mass is 16.3. The van der Waals surface area contributed by atoms with E-state index in [0.717, 1.165) is 45.4 Å². The fourth-order valence-corrected chi connectivity index (χ4v) is 3.14. The van der Waals surface area contributed by atoms with Gasteiger partial charge in [-0.05, 0) is 43.2 Å². The molecule has 0 bridgehead atoms. The molecule has 2 atom stereocenters. The maximum absolute atomic E-state index is 9.64. The van der Waals surface area contributed by atoms with E-state index < -0.39 is 0 Å². The van der Waals surface area contributed by atoms with E-state index in [1.165, 1.54) is 11.1 Å². The molecule has 1 aliphatic heterocycles. The van der Waals surface area contributed by atoms with E-state index >= 15 is 0 Å². The van der Waals surface area contributed by atoms with Crippen molar-refractivity contribution in [1.82, 2.24) is 10.2 Å². The molecule has 2 rings (SSSR count). The third kappa shape index (κ3) is 5.76. The summed E-state index contributed by atoms with van der Waals surface area (Å²) in [7, 11) is 0.